The molecule has 0 aromatic carbocycles. The van der Waals surface area contributed by atoms with Gasteiger partial charge in [-0.05, 0) is 25.0 Å². The van der Waals surface area contributed by atoms with E-state index in [1.807, 2.05) is 31.4 Å². The lowest BCUT2D eigenvalue weighted by Crippen LogP contribution is -2.14. The first-order chi connectivity index (χ1) is 11.5. The molecule has 0 fully saturated rings. The first-order valence-corrected chi connectivity index (χ1v) is 8.32. The zero-order valence-corrected chi connectivity index (χ0v) is 14.3. The highest BCUT2D eigenvalue weighted by atomic mass is 32.1. The van der Waals surface area contributed by atoms with Crippen LogP contribution < -0.4 is 5.32 Å². The molecule has 0 saturated carbocycles. The monoisotopic (exact) mass is 340 g/mol. The topological polar surface area (TPSA) is 83.8 Å². The van der Waals surface area contributed by atoms with Gasteiger partial charge in [0.15, 0.2) is 5.13 Å². The van der Waals surface area contributed by atoms with Crippen LogP contribution in [0.1, 0.15) is 47.1 Å². The third-order valence-corrected chi connectivity index (χ3v) is 4.35. The number of amides is 1. The lowest BCUT2D eigenvalue weighted by atomic mass is 10.1. The molecular weight excluding hydrogens is 324 g/mol. The van der Waals surface area contributed by atoms with Gasteiger partial charge in [0, 0.05) is 17.8 Å². The Labute approximate surface area is 143 Å². The van der Waals surface area contributed by atoms with E-state index in [1.54, 1.807) is 23.9 Å². The van der Waals surface area contributed by atoms with Gasteiger partial charge in [0.1, 0.15) is 23.0 Å². The molecule has 1 amide bonds. The first-order valence-electron chi connectivity index (χ1n) is 7.45. The van der Waals surface area contributed by atoms with Crippen LogP contribution in [-0.2, 0) is 0 Å². The Balaban J connectivity index is 1.94. The van der Waals surface area contributed by atoms with Crippen molar-refractivity contribution < 1.29 is 9.21 Å². The van der Waals surface area contributed by atoms with Gasteiger partial charge in [-0.25, -0.2) is 4.98 Å². The van der Waals surface area contributed by atoms with Crippen molar-refractivity contribution in [3.8, 4) is 12.0 Å². The van der Waals surface area contributed by atoms with Crippen molar-refractivity contribution in [2.24, 2.45) is 0 Å². The predicted molar refractivity (Wildman–Crippen MR) is 91.6 cm³/mol. The Morgan fingerprint density at radius 3 is 2.71 bits per heavy atom. The molecule has 24 heavy (non-hydrogen) atoms. The van der Waals surface area contributed by atoms with Crippen molar-refractivity contribution in [3.05, 3.63) is 52.5 Å². The van der Waals surface area contributed by atoms with E-state index >= 15 is 0 Å². The fraction of sp³-hybridized carbons (Fsp3) is 0.235. The van der Waals surface area contributed by atoms with Gasteiger partial charge < -0.3 is 4.42 Å². The highest BCUT2D eigenvalue weighted by Crippen LogP contribution is 2.27. The Morgan fingerprint density at radius 1 is 1.42 bits per heavy atom. The molecule has 0 saturated heterocycles. The SMILES string of the molecule is Cc1oc(-n2cccc2)c(C#N)c1C(=O)Nc1nc(C(C)C)cs1. The quantitative estimate of drug-likeness (QED) is 0.775. The Hall–Kier alpha value is -2.85. The Morgan fingerprint density at radius 2 is 2.12 bits per heavy atom. The summed E-state index contributed by atoms with van der Waals surface area (Å²) >= 11 is 1.36. The van der Waals surface area contributed by atoms with Gasteiger partial charge in [0.2, 0.25) is 5.88 Å². The number of carbonyl (C=O) groups excluding carboxylic acids is 1. The molecule has 3 aromatic heterocycles. The summed E-state index contributed by atoms with van der Waals surface area (Å²) in [6.07, 6.45) is 3.52. The number of carbonyl (C=O) groups is 1. The van der Waals surface area contributed by atoms with Crippen LogP contribution in [0.3, 0.4) is 0 Å². The molecule has 7 heteroatoms. The van der Waals surface area contributed by atoms with E-state index < -0.39 is 5.91 Å². The van der Waals surface area contributed by atoms with Crippen molar-refractivity contribution in [2.45, 2.75) is 26.7 Å². The average molecular weight is 340 g/mol. The molecule has 0 unspecified atom stereocenters. The van der Waals surface area contributed by atoms with E-state index in [9.17, 15) is 10.1 Å². The van der Waals surface area contributed by atoms with Gasteiger partial charge in [0.05, 0.1) is 5.69 Å². The molecule has 0 radical (unpaired) electrons. The lowest BCUT2D eigenvalue weighted by Gasteiger charge is -2.01. The van der Waals surface area contributed by atoms with Gasteiger partial charge >= 0.3 is 0 Å². The fourth-order valence-corrected chi connectivity index (χ4v) is 3.19. The predicted octanol–water partition coefficient (Wildman–Crippen LogP) is 4.08. The van der Waals surface area contributed by atoms with Crippen LogP contribution in [0.15, 0.2) is 34.3 Å². The maximum atomic E-state index is 12.6. The second-order valence-corrected chi connectivity index (χ2v) is 6.46. The average Bonchev–Trinajstić information content (AvgIpc) is 3.25. The summed E-state index contributed by atoms with van der Waals surface area (Å²) in [7, 11) is 0. The molecule has 3 rings (SSSR count). The number of aryl methyl sites for hydroxylation is 1. The van der Waals surface area contributed by atoms with Crippen molar-refractivity contribution in [2.75, 3.05) is 5.32 Å². The second kappa shape index (κ2) is 6.34. The van der Waals surface area contributed by atoms with E-state index in [-0.39, 0.29) is 17.0 Å². The largest absolute Gasteiger partial charge is 0.443 e. The van der Waals surface area contributed by atoms with Crippen molar-refractivity contribution in [1.82, 2.24) is 9.55 Å². The minimum atomic E-state index is -0.393. The molecule has 122 valence electrons. The minimum Gasteiger partial charge on any atom is -0.443 e. The summed E-state index contributed by atoms with van der Waals surface area (Å²) in [5.74, 6) is 0.633. The third kappa shape index (κ3) is 2.84. The molecule has 1 N–H and O–H groups in total. The number of anilines is 1. The van der Waals surface area contributed by atoms with E-state index in [1.165, 1.54) is 11.3 Å². The van der Waals surface area contributed by atoms with Crippen LogP contribution in [-0.4, -0.2) is 15.5 Å². The van der Waals surface area contributed by atoms with Gasteiger partial charge in [-0.15, -0.1) is 11.3 Å². The van der Waals surface area contributed by atoms with E-state index in [2.05, 4.69) is 16.4 Å². The summed E-state index contributed by atoms with van der Waals surface area (Å²) < 4.78 is 7.32. The minimum absolute atomic E-state index is 0.210. The fourth-order valence-electron chi connectivity index (χ4n) is 2.33. The maximum Gasteiger partial charge on any atom is 0.262 e. The molecule has 3 heterocycles. The normalized spacial score (nSPS) is 10.8. The molecule has 0 aliphatic carbocycles. The van der Waals surface area contributed by atoms with Gasteiger partial charge in [-0.1, -0.05) is 13.8 Å². The number of hydrogen-bond acceptors (Lipinski definition) is 5. The number of thiazole rings is 1. The van der Waals surface area contributed by atoms with Crippen molar-refractivity contribution in [3.63, 3.8) is 0 Å². The van der Waals surface area contributed by atoms with Crippen LogP contribution in [0.25, 0.3) is 5.88 Å². The number of nitrogens with zero attached hydrogens (tertiary/aromatic N) is 3. The van der Waals surface area contributed by atoms with E-state index in [0.717, 1.165) is 5.69 Å². The number of furan rings is 1. The molecule has 6 nitrogen and oxygen atoms in total. The summed E-state index contributed by atoms with van der Waals surface area (Å²) in [6.45, 7) is 5.75. The van der Waals surface area contributed by atoms with E-state index in [0.29, 0.717) is 16.8 Å². The van der Waals surface area contributed by atoms with Gasteiger partial charge in [0.25, 0.3) is 5.91 Å². The smallest absolute Gasteiger partial charge is 0.262 e. The lowest BCUT2D eigenvalue weighted by molar-refractivity contribution is 0.102. The zero-order chi connectivity index (χ0) is 17.3. The molecule has 0 spiro atoms. The molecule has 3 aromatic rings. The van der Waals surface area contributed by atoms with Crippen LogP contribution in [0.4, 0.5) is 5.13 Å². The standard InChI is InChI=1S/C17H16N4O2S/c1-10(2)13-9-24-17(19-13)20-15(22)14-11(3)23-16(12(14)8-18)21-6-4-5-7-21/h4-7,9-10H,1-3H3,(H,19,20,22). The van der Waals surface area contributed by atoms with Crippen LogP contribution in [0.5, 0.6) is 0 Å². The van der Waals surface area contributed by atoms with Crippen molar-refractivity contribution >= 4 is 22.4 Å². The zero-order valence-electron chi connectivity index (χ0n) is 13.5. The van der Waals surface area contributed by atoms with Crippen LogP contribution in [0, 0.1) is 18.3 Å². The van der Waals surface area contributed by atoms with Gasteiger partial charge in [-0.2, -0.15) is 5.26 Å². The number of aromatic nitrogens is 2. The summed E-state index contributed by atoms with van der Waals surface area (Å²) in [5.41, 5.74) is 1.37. The highest BCUT2D eigenvalue weighted by molar-refractivity contribution is 7.14. The van der Waals surface area contributed by atoms with Crippen molar-refractivity contribution in [1.29, 1.82) is 5.26 Å². The number of nitriles is 1. The molecule has 0 bridgehead atoms. The molecular formula is C17H16N4O2S. The number of rotatable bonds is 4. The first kappa shape index (κ1) is 16.0. The summed E-state index contributed by atoms with van der Waals surface area (Å²) in [4.78, 5) is 17.0. The summed E-state index contributed by atoms with van der Waals surface area (Å²) in [5, 5.41) is 14.7. The number of hydrogen-bond donors (Lipinski definition) is 1. The second-order valence-electron chi connectivity index (χ2n) is 5.60. The molecule has 0 atom stereocenters. The van der Waals surface area contributed by atoms with Crippen LogP contribution in [0.2, 0.25) is 0 Å². The molecule has 0 aliphatic rings. The third-order valence-electron chi connectivity index (χ3n) is 3.58. The Kier molecular flexibility index (Phi) is 4.23. The van der Waals surface area contributed by atoms with E-state index in [4.69, 9.17) is 4.42 Å². The summed E-state index contributed by atoms with van der Waals surface area (Å²) in [6, 6.07) is 5.71. The maximum absolute atomic E-state index is 12.6. The highest BCUT2D eigenvalue weighted by Gasteiger charge is 2.25. The van der Waals surface area contributed by atoms with Crippen LogP contribution >= 0.6 is 11.3 Å². The number of nitrogens with one attached hydrogen (secondary N) is 1. The Bertz CT molecular complexity index is 913. The molecule has 0 aliphatic heterocycles. The van der Waals surface area contributed by atoms with Gasteiger partial charge in [-0.3, -0.25) is 14.7 Å².